The molecule has 1 unspecified atom stereocenters. The number of hydrogen-bond acceptors (Lipinski definition) is 4. The van der Waals surface area contributed by atoms with Crippen molar-refractivity contribution in [1.82, 2.24) is 14.9 Å². The molecule has 28 heavy (non-hydrogen) atoms. The van der Waals surface area contributed by atoms with Crippen LogP contribution in [0.15, 0.2) is 61.2 Å². The molecule has 1 fully saturated rings. The lowest BCUT2D eigenvalue weighted by Gasteiger charge is -2.19. The molecule has 1 aliphatic rings. The minimum atomic E-state index is -0.482. The summed E-state index contributed by atoms with van der Waals surface area (Å²) in [4.78, 5) is 27.8. The van der Waals surface area contributed by atoms with Crippen molar-refractivity contribution in [3.8, 4) is 5.69 Å². The van der Waals surface area contributed by atoms with Crippen LogP contribution in [0.3, 0.4) is 0 Å². The van der Waals surface area contributed by atoms with Crippen LogP contribution in [0.4, 0.5) is 5.69 Å². The van der Waals surface area contributed by atoms with E-state index in [1.165, 1.54) is 12.4 Å². The summed E-state index contributed by atoms with van der Waals surface area (Å²) in [5.74, 6) is 0.101. The first-order valence-electron chi connectivity index (χ1n) is 9.17. The summed E-state index contributed by atoms with van der Waals surface area (Å²) in [5, 5.41) is 14.6. The first-order chi connectivity index (χ1) is 13.5. The molecule has 1 atom stereocenters. The number of carbonyl (C=O) groups is 1. The third-order valence-electron chi connectivity index (χ3n) is 5.03. The molecule has 1 saturated carbocycles. The number of benzene rings is 2. The fourth-order valence-electron chi connectivity index (χ4n) is 3.33. The second-order valence-electron chi connectivity index (χ2n) is 7.13. The average molecular weight is 376 g/mol. The van der Waals surface area contributed by atoms with Gasteiger partial charge in [0.05, 0.1) is 17.3 Å². The van der Waals surface area contributed by atoms with Crippen molar-refractivity contribution in [2.75, 3.05) is 0 Å². The van der Waals surface area contributed by atoms with Crippen LogP contribution in [0.25, 0.3) is 5.69 Å². The number of nitro groups is 1. The third kappa shape index (κ3) is 3.64. The Hall–Kier alpha value is -3.48. The molecule has 1 amide bonds. The van der Waals surface area contributed by atoms with Gasteiger partial charge in [0.1, 0.15) is 5.69 Å². The second-order valence-corrected chi connectivity index (χ2v) is 7.13. The fraction of sp³-hybridized carbons (Fsp3) is 0.238. The first kappa shape index (κ1) is 17.9. The number of aromatic nitrogens is 2. The van der Waals surface area contributed by atoms with Crippen LogP contribution in [0.2, 0.25) is 0 Å². The lowest BCUT2D eigenvalue weighted by Crippen LogP contribution is -2.30. The van der Waals surface area contributed by atoms with E-state index in [2.05, 4.69) is 10.3 Å². The number of aryl methyl sites for hydroxylation is 1. The number of rotatable bonds is 6. The van der Waals surface area contributed by atoms with E-state index < -0.39 is 4.92 Å². The number of nitrogens with one attached hydrogen (secondary N) is 1. The molecule has 1 heterocycles. The first-order valence-corrected chi connectivity index (χ1v) is 9.17. The van der Waals surface area contributed by atoms with Gasteiger partial charge in [-0.25, -0.2) is 4.98 Å². The van der Waals surface area contributed by atoms with E-state index in [1.807, 2.05) is 31.2 Å². The zero-order chi connectivity index (χ0) is 19.7. The topological polar surface area (TPSA) is 90.1 Å². The number of carbonyl (C=O) groups excluding carboxylic acids is 1. The minimum absolute atomic E-state index is 0.0829. The van der Waals surface area contributed by atoms with Gasteiger partial charge >= 0.3 is 0 Å². The molecule has 0 saturated heterocycles. The van der Waals surface area contributed by atoms with E-state index in [9.17, 15) is 14.9 Å². The van der Waals surface area contributed by atoms with E-state index in [-0.39, 0.29) is 23.2 Å². The van der Waals surface area contributed by atoms with Crippen LogP contribution in [0, 0.1) is 23.0 Å². The lowest BCUT2D eigenvalue weighted by atomic mass is 10.0. The number of nitro benzene ring substituents is 1. The standard InChI is InChI=1S/C21H20N4O3/c1-14-2-4-15(5-3-14)20(16-6-7-16)23-21(26)17-8-9-18(19(12-17)25(27)28)24-11-10-22-13-24/h2-5,8-13,16,20H,6-7H2,1H3,(H,23,26). The van der Waals surface area contributed by atoms with Crippen LogP contribution in [-0.2, 0) is 0 Å². The van der Waals surface area contributed by atoms with Crippen LogP contribution in [0.1, 0.15) is 40.4 Å². The average Bonchev–Trinajstić information content (AvgIpc) is 3.39. The maximum Gasteiger partial charge on any atom is 0.294 e. The maximum absolute atomic E-state index is 12.8. The molecule has 0 bridgehead atoms. The molecule has 1 N–H and O–H groups in total. The third-order valence-corrected chi connectivity index (χ3v) is 5.03. The maximum atomic E-state index is 12.8. The van der Waals surface area contributed by atoms with Gasteiger partial charge in [-0.15, -0.1) is 0 Å². The molecule has 0 spiro atoms. The van der Waals surface area contributed by atoms with Crippen molar-refractivity contribution >= 4 is 11.6 Å². The van der Waals surface area contributed by atoms with Gasteiger partial charge in [-0.1, -0.05) is 29.8 Å². The summed E-state index contributed by atoms with van der Waals surface area (Å²) < 4.78 is 1.55. The van der Waals surface area contributed by atoms with E-state index in [1.54, 1.807) is 29.1 Å². The van der Waals surface area contributed by atoms with Crippen molar-refractivity contribution in [2.45, 2.75) is 25.8 Å². The van der Waals surface area contributed by atoms with E-state index >= 15 is 0 Å². The van der Waals surface area contributed by atoms with Gasteiger partial charge in [0.2, 0.25) is 0 Å². The van der Waals surface area contributed by atoms with Crippen LogP contribution in [-0.4, -0.2) is 20.4 Å². The summed E-state index contributed by atoms with van der Waals surface area (Å²) in [6.07, 6.45) is 6.80. The zero-order valence-electron chi connectivity index (χ0n) is 15.4. The van der Waals surface area contributed by atoms with Gasteiger partial charge in [-0.3, -0.25) is 14.9 Å². The number of amides is 1. The van der Waals surface area contributed by atoms with Crippen molar-refractivity contribution in [3.05, 3.63) is 88.0 Å². The van der Waals surface area contributed by atoms with Gasteiger partial charge < -0.3 is 9.88 Å². The molecule has 4 rings (SSSR count). The van der Waals surface area contributed by atoms with Crippen LogP contribution in [0.5, 0.6) is 0 Å². The quantitative estimate of drug-likeness (QED) is 0.521. The molecule has 3 aromatic rings. The van der Waals surface area contributed by atoms with Crippen LogP contribution >= 0.6 is 0 Å². The highest BCUT2D eigenvalue weighted by molar-refractivity contribution is 5.95. The number of nitrogens with zero attached hydrogens (tertiary/aromatic N) is 3. The largest absolute Gasteiger partial charge is 0.345 e. The van der Waals surface area contributed by atoms with Gasteiger partial charge in [-0.05, 0) is 43.4 Å². The summed E-state index contributed by atoms with van der Waals surface area (Å²) in [7, 11) is 0. The molecule has 1 aliphatic carbocycles. The molecular formula is C21H20N4O3. The molecule has 1 aromatic heterocycles. The Morgan fingerprint density at radius 1 is 1.25 bits per heavy atom. The van der Waals surface area contributed by atoms with E-state index in [4.69, 9.17) is 0 Å². The van der Waals surface area contributed by atoms with E-state index in [0.29, 0.717) is 11.6 Å². The molecule has 0 aliphatic heterocycles. The molecular weight excluding hydrogens is 356 g/mol. The summed E-state index contributed by atoms with van der Waals surface area (Å²) in [6.45, 7) is 2.02. The predicted molar refractivity (Wildman–Crippen MR) is 104 cm³/mol. The summed E-state index contributed by atoms with van der Waals surface area (Å²) >= 11 is 0. The molecule has 7 nitrogen and oxygen atoms in total. The van der Waals surface area contributed by atoms with Gasteiger partial charge in [0, 0.05) is 24.0 Å². The zero-order valence-corrected chi connectivity index (χ0v) is 15.4. The Labute approximate surface area is 162 Å². The van der Waals surface area contributed by atoms with Crippen LogP contribution < -0.4 is 5.32 Å². The number of hydrogen-bond donors (Lipinski definition) is 1. The Balaban J connectivity index is 1.61. The summed E-state index contributed by atoms with van der Waals surface area (Å²) in [5.41, 5.74) is 2.73. The Bertz CT molecular complexity index is 1010. The van der Waals surface area contributed by atoms with Crippen molar-refractivity contribution in [3.63, 3.8) is 0 Å². The Kier molecular flexibility index (Phi) is 4.65. The monoisotopic (exact) mass is 376 g/mol. The fourth-order valence-corrected chi connectivity index (χ4v) is 3.33. The van der Waals surface area contributed by atoms with E-state index in [0.717, 1.165) is 24.0 Å². The highest BCUT2D eigenvalue weighted by Crippen LogP contribution is 2.41. The predicted octanol–water partition coefficient (Wildman–Crippen LogP) is 3.97. The molecule has 7 heteroatoms. The highest BCUT2D eigenvalue weighted by atomic mass is 16.6. The Morgan fingerprint density at radius 3 is 2.61 bits per heavy atom. The van der Waals surface area contributed by atoms with Gasteiger partial charge in [0.25, 0.3) is 11.6 Å². The molecule has 0 radical (unpaired) electrons. The molecule has 2 aromatic carbocycles. The van der Waals surface area contributed by atoms with Crippen molar-refractivity contribution in [1.29, 1.82) is 0 Å². The van der Waals surface area contributed by atoms with Crippen molar-refractivity contribution < 1.29 is 9.72 Å². The van der Waals surface area contributed by atoms with Gasteiger partial charge in [-0.2, -0.15) is 0 Å². The Morgan fingerprint density at radius 2 is 2.00 bits per heavy atom. The normalized spacial score (nSPS) is 14.5. The lowest BCUT2D eigenvalue weighted by molar-refractivity contribution is -0.384. The smallest absolute Gasteiger partial charge is 0.294 e. The van der Waals surface area contributed by atoms with Gasteiger partial charge in [0.15, 0.2) is 0 Å². The minimum Gasteiger partial charge on any atom is -0.345 e. The molecule has 142 valence electrons. The SMILES string of the molecule is Cc1ccc(C(NC(=O)c2ccc(-n3ccnc3)c([N+](=O)[O-])c2)C2CC2)cc1. The second kappa shape index (κ2) is 7.26. The number of imidazole rings is 1. The summed E-state index contributed by atoms with van der Waals surface area (Å²) in [6, 6.07) is 12.5. The van der Waals surface area contributed by atoms with Crippen molar-refractivity contribution in [2.24, 2.45) is 5.92 Å². The highest BCUT2D eigenvalue weighted by Gasteiger charge is 2.33.